The summed E-state index contributed by atoms with van der Waals surface area (Å²) < 4.78 is 40.8. The van der Waals surface area contributed by atoms with E-state index in [2.05, 4.69) is 5.32 Å². The van der Waals surface area contributed by atoms with Crippen molar-refractivity contribution in [3.63, 3.8) is 0 Å². The number of amides is 1. The van der Waals surface area contributed by atoms with Gasteiger partial charge in [0.05, 0.1) is 4.90 Å². The van der Waals surface area contributed by atoms with Crippen molar-refractivity contribution in [3.8, 4) is 0 Å². The highest BCUT2D eigenvalue weighted by Crippen LogP contribution is 2.31. The molecule has 0 saturated carbocycles. The molecule has 1 N–H and O–H groups in total. The van der Waals surface area contributed by atoms with E-state index < -0.39 is 27.8 Å². The van der Waals surface area contributed by atoms with Crippen LogP contribution in [0.1, 0.15) is 22.7 Å². The van der Waals surface area contributed by atoms with Crippen molar-refractivity contribution >= 4 is 15.9 Å². The van der Waals surface area contributed by atoms with Gasteiger partial charge in [-0.15, -0.1) is 0 Å². The number of aryl methyl sites for hydroxylation is 2. The van der Waals surface area contributed by atoms with Crippen molar-refractivity contribution in [1.29, 1.82) is 0 Å². The van der Waals surface area contributed by atoms with Crippen LogP contribution in [0.25, 0.3) is 0 Å². The minimum atomic E-state index is -3.87. The lowest BCUT2D eigenvalue weighted by Gasteiger charge is -2.34. The van der Waals surface area contributed by atoms with Crippen LogP contribution >= 0.6 is 0 Å². The highest BCUT2D eigenvalue weighted by molar-refractivity contribution is 7.89. The maximum absolute atomic E-state index is 13.2. The number of nitrogens with zero attached hydrogens (tertiary/aromatic N) is 1. The SMILES string of the molecule is Cc1ccc(S(=O)(=O)N2CCNC(=O)C2c2ccc(F)cc2)c(C)c1. The van der Waals surface area contributed by atoms with Crippen LogP contribution in [0.3, 0.4) is 0 Å². The Bertz CT molecular complexity index is 910. The van der Waals surface area contributed by atoms with E-state index in [1.54, 1.807) is 25.1 Å². The van der Waals surface area contributed by atoms with Crippen LogP contribution in [0.15, 0.2) is 47.4 Å². The van der Waals surface area contributed by atoms with Gasteiger partial charge in [0.2, 0.25) is 15.9 Å². The number of hydrogen-bond acceptors (Lipinski definition) is 3. The third kappa shape index (κ3) is 3.29. The predicted molar refractivity (Wildman–Crippen MR) is 92.0 cm³/mol. The van der Waals surface area contributed by atoms with E-state index >= 15 is 0 Å². The second kappa shape index (κ2) is 6.57. The Balaban J connectivity index is 2.08. The molecule has 1 amide bonds. The van der Waals surface area contributed by atoms with Gasteiger partial charge in [-0.1, -0.05) is 29.8 Å². The minimum absolute atomic E-state index is 0.156. The van der Waals surface area contributed by atoms with E-state index in [1.807, 2.05) is 6.92 Å². The fraction of sp³-hybridized carbons (Fsp3) is 0.278. The molecule has 2 aromatic carbocycles. The number of hydrogen-bond donors (Lipinski definition) is 1. The average Bonchev–Trinajstić information content (AvgIpc) is 2.55. The molecule has 5 nitrogen and oxygen atoms in total. The second-order valence-electron chi connectivity index (χ2n) is 6.13. The zero-order chi connectivity index (χ0) is 18.2. The largest absolute Gasteiger partial charge is 0.353 e. The lowest BCUT2D eigenvalue weighted by atomic mass is 10.0. The fourth-order valence-electron chi connectivity index (χ4n) is 3.08. The molecular formula is C18H19FN2O3S. The number of carbonyl (C=O) groups is 1. The lowest BCUT2D eigenvalue weighted by molar-refractivity contribution is -0.126. The van der Waals surface area contributed by atoms with Crippen molar-refractivity contribution < 1.29 is 17.6 Å². The summed E-state index contributed by atoms with van der Waals surface area (Å²) in [5.74, 6) is -0.852. The van der Waals surface area contributed by atoms with Gasteiger partial charge in [-0.25, -0.2) is 12.8 Å². The van der Waals surface area contributed by atoms with E-state index in [0.717, 1.165) is 5.56 Å². The molecule has 132 valence electrons. The monoisotopic (exact) mass is 362 g/mol. The molecule has 2 aromatic rings. The Labute approximate surface area is 146 Å². The van der Waals surface area contributed by atoms with Crippen molar-refractivity contribution in [3.05, 3.63) is 65.0 Å². The predicted octanol–water partition coefficient (Wildman–Crippen LogP) is 2.30. The van der Waals surface area contributed by atoms with Gasteiger partial charge in [-0.05, 0) is 43.2 Å². The summed E-state index contributed by atoms with van der Waals surface area (Å²) in [7, 11) is -3.87. The Kier molecular flexibility index (Phi) is 4.62. The molecule has 0 aromatic heterocycles. The zero-order valence-electron chi connectivity index (χ0n) is 14.0. The summed E-state index contributed by atoms with van der Waals surface area (Å²) in [6, 6.07) is 9.40. The Morgan fingerprint density at radius 1 is 1.12 bits per heavy atom. The molecule has 7 heteroatoms. The number of benzene rings is 2. The number of piperazine rings is 1. The number of sulfonamides is 1. The molecule has 1 aliphatic rings. The fourth-order valence-corrected chi connectivity index (χ4v) is 4.87. The van der Waals surface area contributed by atoms with Gasteiger partial charge >= 0.3 is 0 Å². The van der Waals surface area contributed by atoms with E-state index in [-0.39, 0.29) is 18.0 Å². The van der Waals surface area contributed by atoms with Crippen molar-refractivity contribution in [2.24, 2.45) is 0 Å². The summed E-state index contributed by atoms with van der Waals surface area (Å²) in [4.78, 5) is 12.6. The molecule has 1 fully saturated rings. The van der Waals surface area contributed by atoms with Crippen LogP contribution in [0.5, 0.6) is 0 Å². The molecule has 1 unspecified atom stereocenters. The highest BCUT2D eigenvalue weighted by atomic mass is 32.2. The first-order valence-electron chi connectivity index (χ1n) is 7.93. The number of carbonyl (C=O) groups excluding carboxylic acids is 1. The molecule has 0 aliphatic carbocycles. The summed E-state index contributed by atoms with van der Waals surface area (Å²) in [5.41, 5.74) is 2.03. The Morgan fingerprint density at radius 2 is 1.80 bits per heavy atom. The van der Waals surface area contributed by atoms with E-state index in [1.165, 1.54) is 28.6 Å². The van der Waals surface area contributed by atoms with Crippen LogP contribution in [0, 0.1) is 19.7 Å². The third-order valence-electron chi connectivity index (χ3n) is 4.27. The molecule has 3 rings (SSSR count). The maximum atomic E-state index is 13.2. The number of nitrogens with one attached hydrogen (secondary N) is 1. The molecule has 1 aliphatic heterocycles. The molecule has 1 heterocycles. The molecule has 1 atom stereocenters. The number of halogens is 1. The molecule has 0 radical (unpaired) electrons. The second-order valence-corrected chi connectivity index (χ2v) is 7.99. The van der Waals surface area contributed by atoms with Gasteiger partial charge in [0.15, 0.2) is 0 Å². The Morgan fingerprint density at radius 3 is 2.44 bits per heavy atom. The first kappa shape index (κ1) is 17.6. The van der Waals surface area contributed by atoms with E-state index in [0.29, 0.717) is 11.1 Å². The summed E-state index contributed by atoms with van der Waals surface area (Å²) in [5, 5.41) is 2.68. The smallest absolute Gasteiger partial charge is 0.244 e. The molecule has 0 spiro atoms. The van der Waals surface area contributed by atoms with Gasteiger partial charge in [0.25, 0.3) is 0 Å². The van der Waals surface area contributed by atoms with Gasteiger partial charge in [0.1, 0.15) is 11.9 Å². The van der Waals surface area contributed by atoms with Crippen molar-refractivity contribution in [1.82, 2.24) is 9.62 Å². The first-order valence-corrected chi connectivity index (χ1v) is 9.37. The van der Waals surface area contributed by atoms with Crippen LogP contribution in [-0.2, 0) is 14.8 Å². The van der Waals surface area contributed by atoms with Crippen LogP contribution in [0.2, 0.25) is 0 Å². The van der Waals surface area contributed by atoms with Crippen molar-refractivity contribution in [2.75, 3.05) is 13.1 Å². The van der Waals surface area contributed by atoms with Gasteiger partial charge in [0, 0.05) is 13.1 Å². The number of rotatable bonds is 3. The molecule has 25 heavy (non-hydrogen) atoms. The molecule has 1 saturated heterocycles. The average molecular weight is 362 g/mol. The summed E-state index contributed by atoms with van der Waals surface area (Å²) >= 11 is 0. The standard InChI is InChI=1S/C18H19FN2O3S/c1-12-3-8-16(13(2)11-12)25(23,24)21-10-9-20-18(22)17(21)14-4-6-15(19)7-5-14/h3-8,11,17H,9-10H2,1-2H3,(H,20,22). The van der Waals surface area contributed by atoms with Crippen LogP contribution < -0.4 is 5.32 Å². The van der Waals surface area contributed by atoms with Gasteiger partial charge in [-0.2, -0.15) is 4.31 Å². The Hall–Kier alpha value is -2.25. The van der Waals surface area contributed by atoms with Crippen LogP contribution in [0.4, 0.5) is 4.39 Å². The van der Waals surface area contributed by atoms with E-state index in [4.69, 9.17) is 0 Å². The van der Waals surface area contributed by atoms with Crippen LogP contribution in [-0.4, -0.2) is 31.7 Å². The quantitative estimate of drug-likeness (QED) is 0.911. The topological polar surface area (TPSA) is 66.5 Å². The van der Waals surface area contributed by atoms with E-state index in [9.17, 15) is 17.6 Å². The van der Waals surface area contributed by atoms with Gasteiger partial charge in [-0.3, -0.25) is 4.79 Å². The highest BCUT2D eigenvalue weighted by Gasteiger charge is 2.39. The van der Waals surface area contributed by atoms with Gasteiger partial charge < -0.3 is 5.32 Å². The minimum Gasteiger partial charge on any atom is -0.353 e. The maximum Gasteiger partial charge on any atom is 0.244 e. The first-order chi connectivity index (χ1) is 11.8. The lowest BCUT2D eigenvalue weighted by Crippen LogP contribution is -2.52. The molecular weight excluding hydrogens is 343 g/mol. The normalized spacial score (nSPS) is 18.8. The van der Waals surface area contributed by atoms with Crippen molar-refractivity contribution in [2.45, 2.75) is 24.8 Å². The molecule has 0 bridgehead atoms. The third-order valence-corrected chi connectivity index (χ3v) is 6.30. The summed E-state index contributed by atoms with van der Waals surface area (Å²) in [6.07, 6.45) is 0. The zero-order valence-corrected chi connectivity index (χ0v) is 14.8. The summed E-state index contributed by atoms with van der Waals surface area (Å²) in [6.45, 7) is 4.01.